The van der Waals surface area contributed by atoms with Crippen LogP contribution in [0.4, 0.5) is 0 Å². The van der Waals surface area contributed by atoms with Crippen LogP contribution in [-0.2, 0) is 10.0 Å². The van der Waals surface area contributed by atoms with E-state index in [1.807, 2.05) is 13.1 Å². The topological polar surface area (TPSA) is 50.3 Å². The zero-order valence-corrected chi connectivity index (χ0v) is 11.1. The zero-order valence-electron chi connectivity index (χ0n) is 9.51. The predicted octanol–water partition coefficient (Wildman–Crippen LogP) is 1.59. The van der Waals surface area contributed by atoms with E-state index in [2.05, 4.69) is 4.98 Å². The number of aryl methyl sites for hydroxylation is 1. The molecule has 1 aromatic rings. The molecule has 2 heterocycles. The largest absolute Gasteiger partial charge is 0.249 e. The summed E-state index contributed by atoms with van der Waals surface area (Å²) in [6.07, 6.45) is 5.11. The summed E-state index contributed by atoms with van der Waals surface area (Å²) >= 11 is 1.67. The second kappa shape index (κ2) is 4.43. The summed E-state index contributed by atoms with van der Waals surface area (Å²) in [6, 6.07) is 0. The maximum atomic E-state index is 11.5. The van der Waals surface area contributed by atoms with Crippen molar-refractivity contribution in [2.45, 2.75) is 25.7 Å². The molecule has 2 rings (SSSR count). The van der Waals surface area contributed by atoms with E-state index in [1.54, 1.807) is 15.6 Å². The lowest BCUT2D eigenvalue weighted by molar-refractivity contribution is 0.317. The average molecular weight is 260 g/mol. The van der Waals surface area contributed by atoms with Crippen molar-refractivity contribution in [2.24, 2.45) is 0 Å². The van der Waals surface area contributed by atoms with Gasteiger partial charge in [0.1, 0.15) is 0 Å². The van der Waals surface area contributed by atoms with E-state index in [9.17, 15) is 8.42 Å². The number of piperidine rings is 1. The molecule has 1 saturated heterocycles. The van der Waals surface area contributed by atoms with E-state index in [4.69, 9.17) is 0 Å². The molecule has 16 heavy (non-hydrogen) atoms. The summed E-state index contributed by atoms with van der Waals surface area (Å²) in [5.41, 5.74) is 0. The molecule has 0 unspecified atom stereocenters. The van der Waals surface area contributed by atoms with Gasteiger partial charge in [-0.1, -0.05) is 0 Å². The Morgan fingerprint density at radius 2 is 2.31 bits per heavy atom. The van der Waals surface area contributed by atoms with Gasteiger partial charge in [-0.25, -0.2) is 17.7 Å². The minimum absolute atomic E-state index is 0.280. The summed E-state index contributed by atoms with van der Waals surface area (Å²) in [4.78, 5) is 5.54. The SMILES string of the molecule is Cc1cnc([C@H]2CCCN(S(C)(=O)=O)C2)s1. The highest BCUT2D eigenvalue weighted by molar-refractivity contribution is 7.88. The highest BCUT2D eigenvalue weighted by Crippen LogP contribution is 2.30. The number of aromatic nitrogens is 1. The quantitative estimate of drug-likeness (QED) is 0.811. The Hall–Kier alpha value is -0.460. The molecular weight excluding hydrogens is 244 g/mol. The van der Waals surface area contributed by atoms with Crippen molar-refractivity contribution in [1.82, 2.24) is 9.29 Å². The van der Waals surface area contributed by atoms with Gasteiger partial charge < -0.3 is 0 Å². The summed E-state index contributed by atoms with van der Waals surface area (Å²) in [7, 11) is -3.05. The lowest BCUT2D eigenvalue weighted by Gasteiger charge is -2.29. The van der Waals surface area contributed by atoms with Crippen LogP contribution in [0.15, 0.2) is 6.20 Å². The molecule has 0 saturated carbocycles. The van der Waals surface area contributed by atoms with E-state index in [0.717, 1.165) is 17.8 Å². The van der Waals surface area contributed by atoms with Gasteiger partial charge in [0.15, 0.2) is 0 Å². The van der Waals surface area contributed by atoms with Crippen molar-refractivity contribution in [2.75, 3.05) is 19.3 Å². The van der Waals surface area contributed by atoms with Crippen LogP contribution in [0.3, 0.4) is 0 Å². The van der Waals surface area contributed by atoms with Crippen molar-refractivity contribution in [3.8, 4) is 0 Å². The first-order valence-electron chi connectivity index (χ1n) is 5.34. The van der Waals surface area contributed by atoms with Crippen LogP contribution in [-0.4, -0.2) is 37.1 Å². The first-order chi connectivity index (χ1) is 7.47. The summed E-state index contributed by atoms with van der Waals surface area (Å²) in [5.74, 6) is 0.280. The highest BCUT2D eigenvalue weighted by atomic mass is 32.2. The molecule has 6 heteroatoms. The van der Waals surface area contributed by atoms with E-state index in [0.29, 0.717) is 13.1 Å². The molecule has 0 spiro atoms. The van der Waals surface area contributed by atoms with Crippen LogP contribution in [0, 0.1) is 6.92 Å². The zero-order chi connectivity index (χ0) is 11.8. The molecule has 0 N–H and O–H groups in total. The maximum absolute atomic E-state index is 11.5. The number of rotatable bonds is 2. The summed E-state index contributed by atoms with van der Waals surface area (Å²) in [6.45, 7) is 3.27. The third-order valence-electron chi connectivity index (χ3n) is 2.84. The van der Waals surface area contributed by atoms with Gasteiger partial charge in [-0.05, 0) is 19.8 Å². The number of sulfonamides is 1. The fraction of sp³-hybridized carbons (Fsp3) is 0.700. The Labute approximate surface area is 100 Å². The van der Waals surface area contributed by atoms with Gasteiger partial charge >= 0.3 is 0 Å². The maximum Gasteiger partial charge on any atom is 0.211 e. The summed E-state index contributed by atoms with van der Waals surface area (Å²) < 4.78 is 24.5. The molecule has 90 valence electrons. The minimum atomic E-state index is -3.05. The van der Waals surface area contributed by atoms with Crippen LogP contribution in [0.5, 0.6) is 0 Å². The summed E-state index contributed by atoms with van der Waals surface area (Å²) in [5, 5.41) is 1.07. The number of hydrogen-bond donors (Lipinski definition) is 0. The van der Waals surface area contributed by atoms with Gasteiger partial charge in [0.25, 0.3) is 0 Å². The first kappa shape index (κ1) is 12.0. The Bertz CT molecular complexity index is 467. The standard InChI is InChI=1S/C10H16N2O2S2/c1-8-6-11-10(15-8)9-4-3-5-12(7-9)16(2,13)14/h6,9H,3-5,7H2,1-2H3/t9-/m0/s1. The van der Waals surface area contributed by atoms with Gasteiger partial charge in [-0.15, -0.1) is 11.3 Å². The fourth-order valence-corrected chi connectivity index (χ4v) is 3.82. The molecule has 0 bridgehead atoms. The first-order valence-corrected chi connectivity index (χ1v) is 8.01. The molecule has 0 amide bonds. The minimum Gasteiger partial charge on any atom is -0.249 e. The van der Waals surface area contributed by atoms with Crippen LogP contribution in [0.2, 0.25) is 0 Å². The molecule has 1 aliphatic heterocycles. The van der Waals surface area contributed by atoms with Crippen LogP contribution in [0.1, 0.15) is 28.6 Å². The van der Waals surface area contributed by atoms with Gasteiger partial charge in [0.05, 0.1) is 11.3 Å². The molecule has 4 nitrogen and oxygen atoms in total. The molecule has 1 aliphatic rings. The number of nitrogens with zero attached hydrogens (tertiary/aromatic N) is 2. The van der Waals surface area contributed by atoms with Crippen LogP contribution >= 0.6 is 11.3 Å². The normalized spacial score (nSPS) is 23.5. The highest BCUT2D eigenvalue weighted by Gasteiger charge is 2.28. The third-order valence-corrected chi connectivity index (χ3v) is 5.19. The van der Waals surface area contributed by atoms with Crippen molar-refractivity contribution < 1.29 is 8.42 Å². The predicted molar refractivity (Wildman–Crippen MR) is 65.2 cm³/mol. The molecule has 0 radical (unpaired) electrons. The van der Waals surface area contributed by atoms with Crippen LogP contribution < -0.4 is 0 Å². The Morgan fingerprint density at radius 1 is 1.56 bits per heavy atom. The second-order valence-corrected chi connectivity index (χ2v) is 7.52. The Kier molecular flexibility index (Phi) is 3.32. The van der Waals surface area contributed by atoms with Crippen LogP contribution in [0.25, 0.3) is 0 Å². The van der Waals surface area contributed by atoms with Crippen molar-refractivity contribution in [3.05, 3.63) is 16.1 Å². The van der Waals surface area contributed by atoms with Crippen molar-refractivity contribution in [1.29, 1.82) is 0 Å². The lowest BCUT2D eigenvalue weighted by atomic mass is 10.0. The van der Waals surface area contributed by atoms with Gasteiger partial charge in [0, 0.05) is 30.1 Å². The number of hydrogen-bond acceptors (Lipinski definition) is 4. The number of thiazole rings is 1. The van der Waals surface area contributed by atoms with Crippen molar-refractivity contribution >= 4 is 21.4 Å². The van der Waals surface area contributed by atoms with E-state index in [1.165, 1.54) is 11.1 Å². The third kappa shape index (κ3) is 2.61. The lowest BCUT2D eigenvalue weighted by Crippen LogP contribution is -2.38. The molecule has 1 atom stereocenters. The Balaban J connectivity index is 2.13. The van der Waals surface area contributed by atoms with Crippen molar-refractivity contribution in [3.63, 3.8) is 0 Å². The van der Waals surface area contributed by atoms with E-state index in [-0.39, 0.29) is 5.92 Å². The molecule has 1 fully saturated rings. The Morgan fingerprint density at radius 3 is 2.88 bits per heavy atom. The molecule has 1 aromatic heterocycles. The van der Waals surface area contributed by atoms with Gasteiger partial charge in [0.2, 0.25) is 10.0 Å². The monoisotopic (exact) mass is 260 g/mol. The van der Waals surface area contributed by atoms with E-state index < -0.39 is 10.0 Å². The smallest absolute Gasteiger partial charge is 0.211 e. The molecule has 0 aliphatic carbocycles. The average Bonchev–Trinajstić information content (AvgIpc) is 2.64. The van der Waals surface area contributed by atoms with E-state index >= 15 is 0 Å². The fourth-order valence-electron chi connectivity index (χ4n) is 2.01. The van der Waals surface area contributed by atoms with Gasteiger partial charge in [-0.3, -0.25) is 0 Å². The second-order valence-electron chi connectivity index (χ2n) is 4.27. The molecular formula is C10H16N2O2S2. The molecule has 0 aromatic carbocycles. The van der Waals surface area contributed by atoms with Gasteiger partial charge in [-0.2, -0.15) is 0 Å².